The van der Waals surface area contributed by atoms with Crippen molar-refractivity contribution < 1.29 is 9.84 Å². The van der Waals surface area contributed by atoms with Crippen molar-refractivity contribution in [3.63, 3.8) is 0 Å². The van der Waals surface area contributed by atoms with Crippen molar-refractivity contribution in [1.82, 2.24) is 0 Å². The Balaban J connectivity index is 2.84. The summed E-state index contributed by atoms with van der Waals surface area (Å²) >= 11 is 0. The number of aliphatic hydroxyl groups excluding tert-OH is 1. The minimum Gasteiger partial charge on any atom is -0.385 e. The van der Waals surface area contributed by atoms with Gasteiger partial charge in [0.1, 0.15) is 20.3 Å². The first kappa shape index (κ1) is 14.0. The molecular formula is C14H20O2Si. The van der Waals surface area contributed by atoms with Crippen molar-refractivity contribution in [3.8, 4) is 11.5 Å². The molecule has 0 saturated heterocycles. The topological polar surface area (TPSA) is 29.5 Å². The Labute approximate surface area is 105 Å². The molecule has 0 aliphatic rings. The van der Waals surface area contributed by atoms with E-state index in [-0.39, 0.29) is 0 Å². The van der Waals surface area contributed by atoms with Crippen molar-refractivity contribution in [2.45, 2.75) is 31.8 Å². The lowest BCUT2D eigenvalue weighted by Crippen LogP contribution is -2.22. The fourth-order valence-corrected chi connectivity index (χ4v) is 1.95. The average Bonchev–Trinajstić information content (AvgIpc) is 2.29. The van der Waals surface area contributed by atoms with Gasteiger partial charge in [-0.15, -0.1) is 5.54 Å². The van der Waals surface area contributed by atoms with Crippen LogP contribution in [0.4, 0.5) is 0 Å². The number of methoxy groups -OCH3 is 1. The van der Waals surface area contributed by atoms with Crippen molar-refractivity contribution in [2.24, 2.45) is 0 Å². The van der Waals surface area contributed by atoms with E-state index in [2.05, 4.69) is 31.1 Å². The van der Waals surface area contributed by atoms with Gasteiger partial charge in [0.15, 0.2) is 0 Å². The third-order valence-corrected chi connectivity index (χ3v) is 3.17. The second-order valence-corrected chi connectivity index (χ2v) is 9.78. The molecular weight excluding hydrogens is 228 g/mol. The van der Waals surface area contributed by atoms with E-state index in [0.717, 1.165) is 5.56 Å². The van der Waals surface area contributed by atoms with E-state index in [0.29, 0.717) is 0 Å². The highest BCUT2D eigenvalue weighted by Crippen LogP contribution is 2.18. The summed E-state index contributed by atoms with van der Waals surface area (Å²) < 4.78 is 5.26. The summed E-state index contributed by atoms with van der Waals surface area (Å²) in [7, 11) is 0.144. The normalized spacial score (nSPS) is 14.6. The second kappa shape index (κ2) is 6.01. The molecule has 0 aromatic heterocycles. The molecule has 0 heterocycles. The Morgan fingerprint density at radius 1 is 1.18 bits per heavy atom. The molecule has 0 saturated carbocycles. The molecule has 0 fully saturated rings. The summed E-state index contributed by atoms with van der Waals surface area (Å²) in [6, 6.07) is 9.49. The van der Waals surface area contributed by atoms with Gasteiger partial charge in [0.05, 0.1) is 0 Å². The van der Waals surface area contributed by atoms with E-state index in [9.17, 15) is 5.11 Å². The summed E-state index contributed by atoms with van der Waals surface area (Å²) in [5.41, 5.74) is 4.06. The zero-order chi connectivity index (χ0) is 12.9. The molecule has 3 heteroatoms. The highest BCUT2D eigenvalue weighted by atomic mass is 28.3. The van der Waals surface area contributed by atoms with Crippen LogP contribution in [-0.4, -0.2) is 26.4 Å². The molecule has 2 atom stereocenters. The SMILES string of the molecule is CO[C@H](C#C[Si](C)(C)C)[C@H](O)c1ccccc1. The van der Waals surface area contributed by atoms with Crippen molar-refractivity contribution in [1.29, 1.82) is 0 Å². The largest absolute Gasteiger partial charge is 0.385 e. The highest BCUT2D eigenvalue weighted by molar-refractivity contribution is 6.83. The fourth-order valence-electron chi connectivity index (χ4n) is 1.38. The molecule has 92 valence electrons. The molecule has 1 aromatic rings. The molecule has 1 rings (SSSR count). The van der Waals surface area contributed by atoms with E-state index in [4.69, 9.17) is 4.74 Å². The molecule has 1 N–H and O–H groups in total. The molecule has 0 spiro atoms. The Bertz CT molecular complexity index is 398. The monoisotopic (exact) mass is 248 g/mol. The molecule has 0 unspecified atom stereocenters. The molecule has 0 bridgehead atoms. The van der Waals surface area contributed by atoms with Gasteiger partial charge in [-0.3, -0.25) is 0 Å². The van der Waals surface area contributed by atoms with Crippen molar-refractivity contribution >= 4 is 8.07 Å². The van der Waals surface area contributed by atoms with Gasteiger partial charge in [-0.2, -0.15) is 0 Å². The van der Waals surface area contributed by atoms with Gasteiger partial charge < -0.3 is 9.84 Å². The third kappa shape index (κ3) is 4.74. The van der Waals surface area contributed by atoms with Crippen LogP contribution in [0.15, 0.2) is 30.3 Å². The predicted molar refractivity (Wildman–Crippen MR) is 73.3 cm³/mol. The minimum absolute atomic E-state index is 0.455. The molecule has 1 aromatic carbocycles. The molecule has 0 aliphatic heterocycles. The lowest BCUT2D eigenvalue weighted by atomic mass is 10.1. The number of hydrogen-bond donors (Lipinski definition) is 1. The van der Waals surface area contributed by atoms with E-state index in [1.165, 1.54) is 0 Å². The lowest BCUT2D eigenvalue weighted by Gasteiger charge is -2.17. The smallest absolute Gasteiger partial charge is 0.147 e. The summed E-state index contributed by atoms with van der Waals surface area (Å²) in [5.74, 6) is 3.05. The number of rotatable bonds is 3. The maximum atomic E-state index is 10.2. The first-order valence-electron chi connectivity index (χ1n) is 5.72. The van der Waals surface area contributed by atoms with Gasteiger partial charge in [-0.05, 0) is 5.56 Å². The Morgan fingerprint density at radius 3 is 2.24 bits per heavy atom. The average molecular weight is 248 g/mol. The highest BCUT2D eigenvalue weighted by Gasteiger charge is 2.19. The number of benzene rings is 1. The maximum absolute atomic E-state index is 10.2. The van der Waals surface area contributed by atoms with Crippen LogP contribution in [0, 0.1) is 11.5 Å². The van der Waals surface area contributed by atoms with Crippen LogP contribution in [0.1, 0.15) is 11.7 Å². The second-order valence-electron chi connectivity index (χ2n) is 5.03. The number of ether oxygens (including phenoxy) is 1. The van der Waals surface area contributed by atoms with E-state index >= 15 is 0 Å². The Hall–Kier alpha value is -1.08. The zero-order valence-corrected chi connectivity index (χ0v) is 11.9. The fraction of sp³-hybridized carbons (Fsp3) is 0.429. The van der Waals surface area contributed by atoms with Gasteiger partial charge in [-0.25, -0.2) is 0 Å². The summed E-state index contributed by atoms with van der Waals surface area (Å²) in [6.07, 6.45) is -1.14. The van der Waals surface area contributed by atoms with E-state index in [1.54, 1.807) is 7.11 Å². The lowest BCUT2D eigenvalue weighted by molar-refractivity contribution is 0.0218. The van der Waals surface area contributed by atoms with Crippen LogP contribution in [0.2, 0.25) is 19.6 Å². The van der Waals surface area contributed by atoms with Crippen LogP contribution >= 0.6 is 0 Å². The van der Waals surface area contributed by atoms with Crippen LogP contribution in [-0.2, 0) is 4.74 Å². The summed E-state index contributed by atoms with van der Waals surface area (Å²) in [6.45, 7) is 6.50. The molecule has 0 aliphatic carbocycles. The van der Waals surface area contributed by atoms with Crippen LogP contribution < -0.4 is 0 Å². The molecule has 17 heavy (non-hydrogen) atoms. The van der Waals surface area contributed by atoms with Crippen LogP contribution in [0.25, 0.3) is 0 Å². The third-order valence-electron chi connectivity index (χ3n) is 2.27. The van der Waals surface area contributed by atoms with Gasteiger partial charge >= 0.3 is 0 Å². The van der Waals surface area contributed by atoms with Crippen LogP contribution in [0.3, 0.4) is 0 Å². The minimum atomic E-state index is -1.44. The Morgan fingerprint density at radius 2 is 1.76 bits per heavy atom. The summed E-state index contributed by atoms with van der Waals surface area (Å²) in [4.78, 5) is 0. The first-order chi connectivity index (χ1) is 7.94. The Kier molecular flexibility index (Phi) is 4.95. The molecule has 2 nitrogen and oxygen atoms in total. The predicted octanol–water partition coefficient (Wildman–Crippen LogP) is 2.62. The van der Waals surface area contributed by atoms with Crippen molar-refractivity contribution in [3.05, 3.63) is 35.9 Å². The maximum Gasteiger partial charge on any atom is 0.147 e. The van der Waals surface area contributed by atoms with Gasteiger partial charge in [0, 0.05) is 7.11 Å². The van der Waals surface area contributed by atoms with Gasteiger partial charge in [0.2, 0.25) is 0 Å². The molecule has 0 radical (unpaired) electrons. The van der Waals surface area contributed by atoms with Gasteiger partial charge in [-0.1, -0.05) is 55.9 Å². The van der Waals surface area contributed by atoms with Crippen LogP contribution in [0.5, 0.6) is 0 Å². The van der Waals surface area contributed by atoms with Gasteiger partial charge in [0.25, 0.3) is 0 Å². The van der Waals surface area contributed by atoms with E-state index < -0.39 is 20.3 Å². The number of hydrogen-bond acceptors (Lipinski definition) is 2. The molecule has 0 amide bonds. The quantitative estimate of drug-likeness (QED) is 0.658. The zero-order valence-electron chi connectivity index (χ0n) is 10.9. The first-order valence-corrected chi connectivity index (χ1v) is 9.22. The number of aliphatic hydroxyl groups is 1. The van der Waals surface area contributed by atoms with E-state index in [1.807, 2.05) is 30.3 Å². The standard InChI is InChI=1S/C14H20O2Si/c1-16-13(10-11-17(2,3)4)14(15)12-8-6-5-7-9-12/h5-9,13-15H,1-4H3/t13-,14-/m1/s1. The summed E-state index contributed by atoms with van der Waals surface area (Å²) in [5, 5.41) is 10.2. The van der Waals surface area contributed by atoms with Crippen molar-refractivity contribution in [2.75, 3.05) is 7.11 Å².